The van der Waals surface area contributed by atoms with Gasteiger partial charge in [0.2, 0.25) is 0 Å². The van der Waals surface area contributed by atoms with Gasteiger partial charge in [-0.05, 0) is 37.3 Å². The molecule has 0 aliphatic carbocycles. The predicted octanol–water partition coefficient (Wildman–Crippen LogP) is 3.92. The van der Waals surface area contributed by atoms with Gasteiger partial charge in [-0.25, -0.2) is 0 Å². The number of methoxy groups -OCH3 is 1. The summed E-state index contributed by atoms with van der Waals surface area (Å²) in [6.45, 7) is 2.35. The number of rotatable bonds is 6. The quantitative estimate of drug-likeness (QED) is 0.586. The summed E-state index contributed by atoms with van der Waals surface area (Å²) in [5, 5.41) is 11.9. The predicted molar refractivity (Wildman–Crippen MR) is 91.5 cm³/mol. The van der Waals surface area contributed by atoms with Gasteiger partial charge in [0, 0.05) is 17.1 Å². The topological polar surface area (TPSA) is 72.7 Å². The molecule has 2 aromatic carbocycles. The lowest BCUT2D eigenvalue weighted by Gasteiger charge is -2.21. The summed E-state index contributed by atoms with van der Waals surface area (Å²) in [6.07, 6.45) is 0. The summed E-state index contributed by atoms with van der Waals surface area (Å²) in [4.78, 5) is 25.0. The van der Waals surface area contributed by atoms with Gasteiger partial charge in [0.05, 0.1) is 24.1 Å². The molecule has 0 saturated heterocycles. The molecule has 0 N–H and O–H groups in total. The molecule has 24 heavy (non-hydrogen) atoms. The molecule has 2 rings (SSSR count). The average Bonchev–Trinajstić information content (AvgIpc) is 2.59. The molecular formula is C17H17ClN2O4. The van der Waals surface area contributed by atoms with Gasteiger partial charge in [-0.2, -0.15) is 0 Å². The number of halogens is 1. The van der Waals surface area contributed by atoms with Gasteiger partial charge in [0.1, 0.15) is 0 Å². The van der Waals surface area contributed by atoms with Crippen molar-refractivity contribution in [3.63, 3.8) is 0 Å². The second-order valence-corrected chi connectivity index (χ2v) is 5.49. The maximum absolute atomic E-state index is 12.6. The number of benzene rings is 2. The zero-order valence-corrected chi connectivity index (χ0v) is 14.1. The largest absolute Gasteiger partial charge is 0.490 e. The Morgan fingerprint density at radius 2 is 1.92 bits per heavy atom. The summed E-state index contributed by atoms with van der Waals surface area (Å²) in [7, 11) is 1.38. The molecule has 0 aromatic heterocycles. The average molecular weight is 349 g/mol. The molecular weight excluding hydrogens is 332 g/mol. The highest BCUT2D eigenvalue weighted by Gasteiger charge is 2.23. The van der Waals surface area contributed by atoms with Crippen LogP contribution in [0.4, 0.5) is 5.69 Å². The number of carbonyl (C=O) groups excluding carboxylic acids is 1. The van der Waals surface area contributed by atoms with Gasteiger partial charge in [0.25, 0.3) is 5.91 Å². The van der Waals surface area contributed by atoms with Crippen LogP contribution in [-0.2, 0) is 6.54 Å². The van der Waals surface area contributed by atoms with Crippen LogP contribution in [0.15, 0.2) is 42.5 Å². The van der Waals surface area contributed by atoms with E-state index in [9.17, 15) is 14.9 Å². The van der Waals surface area contributed by atoms with Crippen molar-refractivity contribution < 1.29 is 14.5 Å². The lowest BCUT2D eigenvalue weighted by molar-refractivity contribution is -0.386. The van der Waals surface area contributed by atoms with E-state index in [0.717, 1.165) is 0 Å². The number of nitrogens with zero attached hydrogens (tertiary/aromatic N) is 2. The monoisotopic (exact) mass is 348 g/mol. The molecule has 6 nitrogen and oxygen atoms in total. The first-order valence-electron chi connectivity index (χ1n) is 7.33. The number of carbonyl (C=O) groups is 1. The highest BCUT2D eigenvalue weighted by molar-refractivity contribution is 6.30. The number of amides is 1. The highest BCUT2D eigenvalue weighted by atomic mass is 35.5. The van der Waals surface area contributed by atoms with Crippen LogP contribution in [0.5, 0.6) is 5.75 Å². The molecule has 0 bridgehead atoms. The Morgan fingerprint density at radius 1 is 1.25 bits per heavy atom. The Labute approximate surface area is 144 Å². The molecule has 0 aliphatic heterocycles. The summed E-state index contributed by atoms with van der Waals surface area (Å²) >= 11 is 5.83. The number of ether oxygens (including phenoxy) is 1. The smallest absolute Gasteiger partial charge is 0.315 e. The number of nitro groups is 1. The maximum Gasteiger partial charge on any atom is 0.315 e. The maximum atomic E-state index is 12.6. The fourth-order valence-corrected chi connectivity index (χ4v) is 2.50. The molecule has 0 radical (unpaired) electrons. The van der Waals surface area contributed by atoms with Crippen LogP contribution in [0.1, 0.15) is 22.8 Å². The second kappa shape index (κ2) is 7.79. The highest BCUT2D eigenvalue weighted by Crippen LogP contribution is 2.31. The van der Waals surface area contributed by atoms with Crippen molar-refractivity contribution in [1.82, 2.24) is 4.90 Å². The van der Waals surface area contributed by atoms with Crippen molar-refractivity contribution in [1.29, 1.82) is 0 Å². The van der Waals surface area contributed by atoms with E-state index in [4.69, 9.17) is 16.3 Å². The SMILES string of the molecule is CCN(Cc1cccc(OC)c1[N+](=O)[O-])C(=O)c1ccc(Cl)cc1. The van der Waals surface area contributed by atoms with Gasteiger partial charge in [-0.15, -0.1) is 0 Å². The summed E-state index contributed by atoms with van der Waals surface area (Å²) in [5.41, 5.74) is 0.776. The van der Waals surface area contributed by atoms with Gasteiger partial charge >= 0.3 is 5.69 Å². The van der Waals surface area contributed by atoms with Crippen molar-refractivity contribution in [2.75, 3.05) is 13.7 Å². The third kappa shape index (κ3) is 3.83. The first kappa shape index (κ1) is 17.7. The van der Waals surface area contributed by atoms with Gasteiger partial charge < -0.3 is 9.64 Å². The Kier molecular flexibility index (Phi) is 5.76. The molecule has 0 aliphatic rings. The van der Waals surface area contributed by atoms with E-state index < -0.39 is 4.92 Å². The third-order valence-corrected chi connectivity index (χ3v) is 3.86. The summed E-state index contributed by atoms with van der Waals surface area (Å²) in [5.74, 6) is -0.0428. The zero-order chi connectivity index (χ0) is 17.7. The standard InChI is InChI=1S/C17H17ClN2O4/c1-3-19(17(21)12-7-9-14(18)10-8-12)11-13-5-4-6-15(24-2)16(13)20(22)23/h4-10H,3,11H2,1-2H3. The van der Waals surface area contributed by atoms with Crippen molar-refractivity contribution in [2.45, 2.75) is 13.5 Å². The molecule has 2 aromatic rings. The minimum atomic E-state index is -0.491. The number of hydrogen-bond donors (Lipinski definition) is 0. The Balaban J connectivity index is 2.32. The van der Waals surface area contributed by atoms with E-state index in [2.05, 4.69) is 0 Å². The minimum Gasteiger partial charge on any atom is -0.490 e. The Morgan fingerprint density at radius 3 is 2.46 bits per heavy atom. The number of nitro benzene ring substituents is 1. The van der Waals surface area contributed by atoms with Crippen molar-refractivity contribution in [3.8, 4) is 5.75 Å². The molecule has 0 heterocycles. The zero-order valence-electron chi connectivity index (χ0n) is 13.4. The lowest BCUT2D eigenvalue weighted by atomic mass is 10.1. The van der Waals surface area contributed by atoms with E-state index in [1.54, 1.807) is 36.4 Å². The van der Waals surface area contributed by atoms with Crippen molar-refractivity contribution in [2.24, 2.45) is 0 Å². The first-order chi connectivity index (χ1) is 11.5. The summed E-state index contributed by atoms with van der Waals surface area (Å²) in [6, 6.07) is 11.4. The van der Waals surface area contributed by atoms with Crippen LogP contribution in [-0.4, -0.2) is 29.4 Å². The molecule has 0 unspecified atom stereocenters. The molecule has 0 atom stereocenters. The van der Waals surface area contributed by atoms with E-state index in [0.29, 0.717) is 22.7 Å². The lowest BCUT2D eigenvalue weighted by Crippen LogP contribution is -2.30. The molecule has 126 valence electrons. The molecule has 0 fully saturated rings. The van der Waals surface area contributed by atoms with Crippen LogP contribution < -0.4 is 4.74 Å². The Hall–Kier alpha value is -2.60. The number of hydrogen-bond acceptors (Lipinski definition) is 4. The van der Waals surface area contributed by atoms with Gasteiger partial charge in [-0.1, -0.05) is 23.7 Å². The fraction of sp³-hybridized carbons (Fsp3) is 0.235. The van der Waals surface area contributed by atoms with Crippen LogP contribution in [0.2, 0.25) is 5.02 Å². The van der Waals surface area contributed by atoms with E-state index >= 15 is 0 Å². The second-order valence-electron chi connectivity index (χ2n) is 5.05. The van der Waals surface area contributed by atoms with Crippen LogP contribution in [0.25, 0.3) is 0 Å². The van der Waals surface area contributed by atoms with Gasteiger partial charge in [-0.3, -0.25) is 14.9 Å². The van der Waals surface area contributed by atoms with Crippen molar-refractivity contribution in [3.05, 3.63) is 68.7 Å². The van der Waals surface area contributed by atoms with E-state index in [-0.39, 0.29) is 23.9 Å². The van der Waals surface area contributed by atoms with Crippen LogP contribution in [0.3, 0.4) is 0 Å². The molecule has 1 amide bonds. The van der Waals surface area contributed by atoms with E-state index in [1.165, 1.54) is 18.1 Å². The fourth-order valence-electron chi connectivity index (χ4n) is 2.38. The Bertz CT molecular complexity index is 747. The number of para-hydroxylation sites is 1. The minimum absolute atomic E-state index is 0.117. The first-order valence-corrected chi connectivity index (χ1v) is 7.70. The van der Waals surface area contributed by atoms with Gasteiger partial charge in [0.15, 0.2) is 5.75 Å². The summed E-state index contributed by atoms with van der Waals surface area (Å²) < 4.78 is 5.06. The normalized spacial score (nSPS) is 10.3. The molecule has 0 spiro atoms. The third-order valence-electron chi connectivity index (χ3n) is 3.61. The van der Waals surface area contributed by atoms with E-state index in [1.807, 2.05) is 6.92 Å². The molecule has 0 saturated carbocycles. The van der Waals surface area contributed by atoms with Crippen LogP contribution in [0, 0.1) is 10.1 Å². The van der Waals surface area contributed by atoms with Crippen LogP contribution >= 0.6 is 11.6 Å². The van der Waals surface area contributed by atoms with Crippen molar-refractivity contribution >= 4 is 23.2 Å². The molecule has 7 heteroatoms.